The Kier molecular flexibility index (Phi) is 3.17. The van der Waals surface area contributed by atoms with Gasteiger partial charge in [-0.1, -0.05) is 29.8 Å². The van der Waals surface area contributed by atoms with Crippen LogP contribution < -0.4 is 0 Å². The van der Waals surface area contributed by atoms with E-state index in [0.29, 0.717) is 16.5 Å². The van der Waals surface area contributed by atoms with Crippen molar-refractivity contribution in [1.29, 1.82) is 0 Å². The van der Waals surface area contributed by atoms with E-state index in [4.69, 9.17) is 11.6 Å². The minimum Gasteiger partial charge on any atom is -0.295 e. The molecule has 0 saturated carbocycles. The summed E-state index contributed by atoms with van der Waals surface area (Å²) in [6.07, 6.45) is -4.35. The van der Waals surface area contributed by atoms with Gasteiger partial charge in [-0.25, -0.2) is 4.98 Å². The highest BCUT2D eigenvalue weighted by Crippen LogP contribution is 2.32. The van der Waals surface area contributed by atoms with Crippen LogP contribution in [0.15, 0.2) is 42.5 Å². The van der Waals surface area contributed by atoms with Crippen LogP contribution in [0.2, 0.25) is 5.15 Å². The Labute approximate surface area is 123 Å². The van der Waals surface area contributed by atoms with Crippen molar-refractivity contribution < 1.29 is 13.2 Å². The van der Waals surface area contributed by atoms with Crippen molar-refractivity contribution in [3.63, 3.8) is 0 Å². The molecule has 2 nitrogen and oxygen atoms in total. The molecule has 0 bridgehead atoms. The second kappa shape index (κ2) is 4.77. The lowest BCUT2D eigenvalue weighted by Gasteiger charge is -2.08. The van der Waals surface area contributed by atoms with Crippen LogP contribution in [0.5, 0.6) is 0 Å². The largest absolute Gasteiger partial charge is 0.416 e. The molecular weight excluding hydrogens is 301 g/mol. The van der Waals surface area contributed by atoms with E-state index in [2.05, 4.69) is 4.98 Å². The van der Waals surface area contributed by atoms with Gasteiger partial charge in [-0.05, 0) is 31.2 Å². The number of imidazole rings is 1. The third-order valence-electron chi connectivity index (χ3n) is 3.28. The Morgan fingerprint density at radius 2 is 1.71 bits per heavy atom. The van der Waals surface area contributed by atoms with Crippen molar-refractivity contribution in [2.24, 2.45) is 0 Å². The lowest BCUT2D eigenvalue weighted by atomic mass is 10.1. The highest BCUT2D eigenvalue weighted by Gasteiger charge is 2.30. The lowest BCUT2D eigenvalue weighted by Crippen LogP contribution is -2.04. The number of fused-ring (bicyclic) bond motifs is 1. The number of halogens is 4. The van der Waals surface area contributed by atoms with Gasteiger partial charge < -0.3 is 0 Å². The third kappa shape index (κ3) is 2.38. The predicted octanol–water partition coefficient (Wildman–Crippen LogP) is 4.98. The molecule has 0 N–H and O–H groups in total. The van der Waals surface area contributed by atoms with Crippen LogP contribution in [0.4, 0.5) is 13.2 Å². The van der Waals surface area contributed by atoms with Crippen LogP contribution >= 0.6 is 11.6 Å². The highest BCUT2D eigenvalue weighted by atomic mass is 35.5. The molecule has 2 aromatic heterocycles. The van der Waals surface area contributed by atoms with Crippen LogP contribution in [0.25, 0.3) is 16.9 Å². The van der Waals surface area contributed by atoms with Gasteiger partial charge in [0.05, 0.1) is 11.1 Å². The summed E-state index contributed by atoms with van der Waals surface area (Å²) in [6.45, 7) is 1.89. The van der Waals surface area contributed by atoms with Crippen LogP contribution in [0.3, 0.4) is 0 Å². The molecule has 0 aliphatic carbocycles. The zero-order valence-electron chi connectivity index (χ0n) is 10.9. The van der Waals surface area contributed by atoms with Crippen molar-refractivity contribution in [3.05, 3.63) is 58.9 Å². The van der Waals surface area contributed by atoms with Gasteiger partial charge in [0, 0.05) is 11.3 Å². The molecule has 6 heteroatoms. The minimum atomic E-state index is -4.35. The minimum absolute atomic E-state index is 0.327. The van der Waals surface area contributed by atoms with E-state index in [1.54, 1.807) is 0 Å². The van der Waals surface area contributed by atoms with E-state index in [1.165, 1.54) is 12.1 Å². The number of benzene rings is 1. The van der Waals surface area contributed by atoms with Gasteiger partial charge in [0.2, 0.25) is 0 Å². The summed E-state index contributed by atoms with van der Waals surface area (Å²) >= 11 is 6.09. The fourth-order valence-corrected chi connectivity index (χ4v) is 2.49. The van der Waals surface area contributed by atoms with Gasteiger partial charge in [-0.2, -0.15) is 13.2 Å². The third-order valence-corrected chi connectivity index (χ3v) is 3.56. The molecule has 0 aliphatic heterocycles. The van der Waals surface area contributed by atoms with Crippen LogP contribution in [0.1, 0.15) is 11.3 Å². The summed E-state index contributed by atoms with van der Waals surface area (Å²) in [5.41, 5.74) is 1.53. The number of hydrogen-bond donors (Lipinski definition) is 0. The Hall–Kier alpha value is -2.01. The fraction of sp³-hybridized carbons (Fsp3) is 0.133. The summed E-state index contributed by atoms with van der Waals surface area (Å²) < 4.78 is 39.6. The Morgan fingerprint density at radius 1 is 1.05 bits per heavy atom. The predicted molar refractivity (Wildman–Crippen MR) is 75.4 cm³/mol. The van der Waals surface area contributed by atoms with Gasteiger partial charge in [0.15, 0.2) is 5.15 Å². The van der Waals surface area contributed by atoms with Gasteiger partial charge in [-0.15, -0.1) is 0 Å². The van der Waals surface area contributed by atoms with Crippen LogP contribution in [-0.2, 0) is 6.18 Å². The Balaban J connectivity index is 2.17. The first-order valence-corrected chi connectivity index (χ1v) is 6.57. The molecule has 3 aromatic rings. The maximum absolute atomic E-state index is 12.6. The molecule has 2 heterocycles. The molecule has 0 atom stereocenters. The number of aryl methyl sites for hydroxylation is 1. The Bertz CT molecular complexity index is 804. The maximum Gasteiger partial charge on any atom is 0.416 e. The first-order chi connectivity index (χ1) is 9.88. The summed E-state index contributed by atoms with van der Waals surface area (Å²) in [4.78, 5) is 4.26. The van der Waals surface area contributed by atoms with Gasteiger partial charge >= 0.3 is 6.18 Å². The molecule has 3 rings (SSSR count). The van der Waals surface area contributed by atoms with E-state index in [1.807, 2.05) is 29.5 Å². The first-order valence-electron chi connectivity index (χ1n) is 6.19. The summed E-state index contributed by atoms with van der Waals surface area (Å²) in [5.74, 6) is 0.529. The molecule has 0 spiro atoms. The van der Waals surface area contributed by atoms with Gasteiger partial charge in [0.25, 0.3) is 0 Å². The number of pyridine rings is 1. The number of alkyl halides is 3. The van der Waals surface area contributed by atoms with Crippen molar-refractivity contribution in [3.8, 4) is 11.4 Å². The van der Waals surface area contributed by atoms with Gasteiger partial charge in [-0.3, -0.25) is 4.40 Å². The SMILES string of the molecule is Cc1cccc2c(Cl)nc(-c3ccc(C(F)(F)F)cc3)n12. The highest BCUT2D eigenvalue weighted by molar-refractivity contribution is 6.32. The van der Waals surface area contributed by atoms with Gasteiger partial charge in [0.1, 0.15) is 5.82 Å². The quantitative estimate of drug-likeness (QED) is 0.619. The summed E-state index contributed by atoms with van der Waals surface area (Å²) in [6, 6.07) is 10.5. The molecule has 0 unspecified atom stereocenters. The molecular formula is C15H10ClF3N2. The average molecular weight is 311 g/mol. The molecule has 0 fully saturated rings. The monoisotopic (exact) mass is 310 g/mol. The van der Waals surface area contributed by atoms with E-state index in [0.717, 1.165) is 23.3 Å². The van der Waals surface area contributed by atoms with E-state index < -0.39 is 11.7 Å². The maximum atomic E-state index is 12.6. The molecule has 0 radical (unpaired) electrons. The normalized spacial score (nSPS) is 12.0. The van der Waals surface area contributed by atoms with Crippen molar-refractivity contribution in [2.45, 2.75) is 13.1 Å². The zero-order valence-corrected chi connectivity index (χ0v) is 11.7. The Morgan fingerprint density at radius 3 is 2.33 bits per heavy atom. The summed E-state index contributed by atoms with van der Waals surface area (Å²) in [7, 11) is 0. The van der Waals surface area contributed by atoms with Crippen molar-refractivity contribution >= 4 is 17.1 Å². The lowest BCUT2D eigenvalue weighted by molar-refractivity contribution is -0.137. The molecule has 0 saturated heterocycles. The van der Waals surface area contributed by atoms with Crippen molar-refractivity contribution in [2.75, 3.05) is 0 Å². The number of aromatic nitrogens is 2. The number of rotatable bonds is 1. The van der Waals surface area contributed by atoms with E-state index >= 15 is 0 Å². The summed E-state index contributed by atoms with van der Waals surface area (Å²) in [5, 5.41) is 0.327. The molecule has 108 valence electrons. The molecule has 0 aliphatic rings. The second-order valence-electron chi connectivity index (χ2n) is 4.69. The van der Waals surface area contributed by atoms with E-state index in [-0.39, 0.29) is 0 Å². The average Bonchev–Trinajstić information content (AvgIpc) is 2.77. The molecule has 1 aromatic carbocycles. The number of nitrogens with zero attached hydrogens (tertiary/aromatic N) is 2. The zero-order chi connectivity index (χ0) is 15.2. The topological polar surface area (TPSA) is 17.3 Å². The van der Waals surface area contributed by atoms with E-state index in [9.17, 15) is 13.2 Å². The number of hydrogen-bond acceptors (Lipinski definition) is 1. The second-order valence-corrected chi connectivity index (χ2v) is 5.05. The molecule has 21 heavy (non-hydrogen) atoms. The standard InChI is InChI=1S/C15H10ClF3N2/c1-9-3-2-4-12-13(16)20-14(21(9)12)10-5-7-11(8-6-10)15(17,18)19/h2-8H,1H3. The smallest absolute Gasteiger partial charge is 0.295 e. The van der Waals surface area contributed by atoms with Crippen molar-refractivity contribution in [1.82, 2.24) is 9.38 Å². The first kappa shape index (κ1) is 13.9. The van der Waals surface area contributed by atoms with Crippen LogP contribution in [-0.4, -0.2) is 9.38 Å². The van der Waals surface area contributed by atoms with Crippen LogP contribution in [0, 0.1) is 6.92 Å². The molecule has 0 amide bonds. The fourth-order valence-electron chi connectivity index (χ4n) is 2.26.